The molecule has 5 heteroatoms. The van der Waals surface area contributed by atoms with Crippen LogP contribution in [0.5, 0.6) is 11.5 Å². The van der Waals surface area contributed by atoms with Crippen molar-refractivity contribution in [3.63, 3.8) is 0 Å². The Morgan fingerprint density at radius 3 is 2.37 bits per heavy atom. The third-order valence-corrected chi connectivity index (χ3v) is 3.05. The summed E-state index contributed by atoms with van der Waals surface area (Å²) in [5, 5.41) is 0. The van der Waals surface area contributed by atoms with E-state index in [0.717, 1.165) is 0 Å². The molecule has 0 spiro atoms. The van der Waals surface area contributed by atoms with Crippen molar-refractivity contribution in [2.45, 2.75) is 18.5 Å². The van der Waals surface area contributed by atoms with Gasteiger partial charge in [-0.05, 0) is 37.1 Å². The minimum atomic E-state index is -1.56. The van der Waals surface area contributed by atoms with Gasteiger partial charge in [-0.2, -0.15) is 0 Å². The maximum absolute atomic E-state index is 15.0. The minimum Gasteiger partial charge on any atom is -0.493 e. The van der Waals surface area contributed by atoms with Crippen LogP contribution < -0.4 is 15.2 Å². The van der Waals surface area contributed by atoms with Crippen LogP contribution in [-0.4, -0.2) is 34.5 Å². The van der Waals surface area contributed by atoms with E-state index in [0.29, 0.717) is 36.4 Å². The zero-order valence-electron chi connectivity index (χ0n) is 11.7. The molecule has 0 radical (unpaired) electrons. The summed E-state index contributed by atoms with van der Waals surface area (Å²) in [4.78, 5) is 0. The highest BCUT2D eigenvalue weighted by Gasteiger charge is 2.32. The Morgan fingerprint density at radius 2 is 1.84 bits per heavy atom. The molecule has 0 amide bonds. The Kier molecular flexibility index (Phi) is 6.05. The normalized spacial score (nSPS) is 13.9. The van der Waals surface area contributed by atoms with E-state index in [-0.39, 0.29) is 6.61 Å². The molecule has 0 bridgehead atoms. The lowest BCUT2D eigenvalue weighted by Gasteiger charge is -2.25. The topological polar surface area (TPSA) is 53.7 Å². The van der Waals surface area contributed by atoms with E-state index in [4.69, 9.17) is 19.9 Å². The fourth-order valence-corrected chi connectivity index (χ4v) is 2.03. The van der Waals surface area contributed by atoms with E-state index < -0.39 is 5.67 Å². The first-order valence-electron chi connectivity index (χ1n) is 6.21. The van der Waals surface area contributed by atoms with Crippen LogP contribution in [0, 0.1) is 0 Å². The van der Waals surface area contributed by atoms with Gasteiger partial charge >= 0.3 is 0 Å². The van der Waals surface area contributed by atoms with Gasteiger partial charge in [0.25, 0.3) is 0 Å². The highest BCUT2D eigenvalue weighted by molar-refractivity contribution is 5.44. The first-order chi connectivity index (χ1) is 9.11. The molecular weight excluding hydrogens is 249 g/mol. The summed E-state index contributed by atoms with van der Waals surface area (Å²) >= 11 is 0. The summed E-state index contributed by atoms with van der Waals surface area (Å²) in [5.41, 5.74) is 4.41. The van der Waals surface area contributed by atoms with Gasteiger partial charge in [-0.3, -0.25) is 0 Å². The maximum atomic E-state index is 15.0. The maximum Gasteiger partial charge on any atom is 0.161 e. The van der Waals surface area contributed by atoms with Gasteiger partial charge in [-0.1, -0.05) is 6.07 Å². The smallest absolute Gasteiger partial charge is 0.161 e. The van der Waals surface area contributed by atoms with E-state index in [2.05, 4.69) is 0 Å². The number of benzene rings is 1. The molecule has 0 saturated heterocycles. The summed E-state index contributed by atoms with van der Waals surface area (Å²) in [6, 6.07) is 5.03. The van der Waals surface area contributed by atoms with Crippen molar-refractivity contribution in [1.29, 1.82) is 0 Å². The molecule has 1 aromatic carbocycles. The molecule has 1 atom stereocenters. The SMILES string of the molecule is COCC(F)(CCCN)c1ccc(OC)c(OC)c1. The van der Waals surface area contributed by atoms with Crippen molar-refractivity contribution in [2.24, 2.45) is 5.73 Å². The molecule has 0 fully saturated rings. The molecule has 2 N–H and O–H groups in total. The third kappa shape index (κ3) is 3.81. The monoisotopic (exact) mass is 271 g/mol. The summed E-state index contributed by atoms with van der Waals surface area (Å²) in [6.45, 7) is 0.436. The van der Waals surface area contributed by atoms with Crippen LogP contribution in [0.4, 0.5) is 4.39 Å². The number of alkyl halides is 1. The molecule has 1 unspecified atom stereocenters. The zero-order valence-corrected chi connectivity index (χ0v) is 11.7. The van der Waals surface area contributed by atoms with Crippen molar-refractivity contribution in [3.05, 3.63) is 23.8 Å². The lowest BCUT2D eigenvalue weighted by Crippen LogP contribution is -2.27. The van der Waals surface area contributed by atoms with Crippen LogP contribution in [0.2, 0.25) is 0 Å². The van der Waals surface area contributed by atoms with Gasteiger partial charge in [0.2, 0.25) is 0 Å². The second-order valence-corrected chi connectivity index (χ2v) is 4.36. The number of nitrogens with two attached hydrogens (primary N) is 1. The molecule has 1 aromatic rings. The van der Waals surface area contributed by atoms with E-state index >= 15 is 0 Å². The van der Waals surface area contributed by atoms with E-state index in [1.807, 2.05) is 0 Å². The number of hydrogen-bond acceptors (Lipinski definition) is 4. The van der Waals surface area contributed by atoms with Crippen molar-refractivity contribution in [2.75, 3.05) is 34.5 Å². The second kappa shape index (κ2) is 7.31. The highest BCUT2D eigenvalue weighted by Crippen LogP contribution is 2.37. The van der Waals surface area contributed by atoms with E-state index in [1.165, 1.54) is 14.2 Å². The number of hydrogen-bond donors (Lipinski definition) is 1. The van der Waals surface area contributed by atoms with Crippen LogP contribution in [0.15, 0.2) is 18.2 Å². The Balaban J connectivity index is 3.08. The molecule has 19 heavy (non-hydrogen) atoms. The van der Waals surface area contributed by atoms with Gasteiger partial charge in [0.05, 0.1) is 20.8 Å². The molecule has 0 heterocycles. The molecule has 0 aliphatic carbocycles. The summed E-state index contributed by atoms with van der Waals surface area (Å²) in [6.07, 6.45) is 0.904. The zero-order chi connectivity index (χ0) is 14.3. The van der Waals surface area contributed by atoms with E-state index in [1.54, 1.807) is 25.3 Å². The molecule has 0 aliphatic heterocycles. The highest BCUT2D eigenvalue weighted by atomic mass is 19.1. The average Bonchev–Trinajstić information content (AvgIpc) is 2.44. The standard InChI is InChI=1S/C14H22FNO3/c1-17-10-14(15,7-4-8-16)11-5-6-12(18-2)13(9-11)19-3/h5-6,9H,4,7-8,10,16H2,1-3H3. The Bertz CT molecular complexity index is 400. The first kappa shape index (κ1) is 15.7. The molecule has 4 nitrogen and oxygen atoms in total. The van der Waals surface area contributed by atoms with Gasteiger partial charge in [0.15, 0.2) is 17.2 Å². The van der Waals surface area contributed by atoms with Crippen LogP contribution in [0.25, 0.3) is 0 Å². The largest absolute Gasteiger partial charge is 0.493 e. The van der Waals surface area contributed by atoms with Crippen molar-refractivity contribution in [3.8, 4) is 11.5 Å². The van der Waals surface area contributed by atoms with Crippen LogP contribution >= 0.6 is 0 Å². The molecule has 0 aromatic heterocycles. The molecule has 1 rings (SSSR count). The summed E-state index contributed by atoms with van der Waals surface area (Å²) in [5.74, 6) is 1.08. The first-order valence-corrected chi connectivity index (χ1v) is 6.21. The minimum absolute atomic E-state index is 0.0114. The predicted molar refractivity (Wildman–Crippen MR) is 72.5 cm³/mol. The van der Waals surface area contributed by atoms with Gasteiger partial charge in [0.1, 0.15) is 0 Å². The van der Waals surface area contributed by atoms with Gasteiger partial charge in [0, 0.05) is 7.11 Å². The number of halogens is 1. The van der Waals surface area contributed by atoms with Crippen LogP contribution in [0.1, 0.15) is 18.4 Å². The van der Waals surface area contributed by atoms with E-state index in [9.17, 15) is 4.39 Å². The van der Waals surface area contributed by atoms with Crippen LogP contribution in [-0.2, 0) is 10.4 Å². The van der Waals surface area contributed by atoms with Crippen molar-refractivity contribution in [1.82, 2.24) is 0 Å². The summed E-state index contributed by atoms with van der Waals surface area (Å²) in [7, 11) is 4.55. The third-order valence-electron chi connectivity index (χ3n) is 3.05. The van der Waals surface area contributed by atoms with Gasteiger partial charge in [-0.25, -0.2) is 4.39 Å². The van der Waals surface area contributed by atoms with Gasteiger partial charge in [-0.15, -0.1) is 0 Å². The lowest BCUT2D eigenvalue weighted by molar-refractivity contribution is 0.0302. The van der Waals surface area contributed by atoms with Crippen molar-refractivity contribution < 1.29 is 18.6 Å². The predicted octanol–water partition coefficient (Wildman–Crippen LogP) is 2.25. The lowest BCUT2D eigenvalue weighted by atomic mass is 9.91. The fraction of sp³-hybridized carbons (Fsp3) is 0.571. The Morgan fingerprint density at radius 1 is 1.16 bits per heavy atom. The number of ether oxygens (including phenoxy) is 3. The molecular formula is C14H22FNO3. The van der Waals surface area contributed by atoms with Crippen LogP contribution in [0.3, 0.4) is 0 Å². The second-order valence-electron chi connectivity index (χ2n) is 4.36. The molecule has 0 aliphatic rings. The number of methoxy groups -OCH3 is 3. The molecule has 108 valence electrons. The Labute approximate surface area is 113 Å². The van der Waals surface area contributed by atoms with Gasteiger partial charge < -0.3 is 19.9 Å². The van der Waals surface area contributed by atoms with Crippen molar-refractivity contribution >= 4 is 0 Å². The summed E-state index contributed by atoms with van der Waals surface area (Å²) < 4.78 is 30.3. The average molecular weight is 271 g/mol. The number of rotatable bonds is 8. The fourth-order valence-electron chi connectivity index (χ4n) is 2.03. The molecule has 0 saturated carbocycles. The quantitative estimate of drug-likeness (QED) is 0.788. The Hall–Kier alpha value is -1.33.